The number of rotatable bonds is 0. The molecular weight excluding hydrogens is 204 g/mol. The molecule has 0 radical (unpaired) electrons. The smallest absolute Gasteiger partial charge is 0.0644 e. The van der Waals surface area contributed by atoms with Crippen LogP contribution in [0.15, 0.2) is 0 Å². The molecule has 0 aromatic carbocycles. The maximum Gasteiger partial charge on any atom is 0.0644 e. The topological polar surface area (TPSA) is 9.23 Å². The summed E-state index contributed by atoms with van der Waals surface area (Å²) in [5, 5.41) is 0. The van der Waals surface area contributed by atoms with Gasteiger partial charge in [0.05, 0.1) is 11.2 Å². The number of alkyl halides is 1. The zero-order valence-corrected chi connectivity index (χ0v) is 9.36. The van der Waals surface area contributed by atoms with E-state index in [1.807, 2.05) is 0 Å². The summed E-state index contributed by atoms with van der Waals surface area (Å²) >= 11 is 3.66. The third kappa shape index (κ3) is 2.75. The van der Waals surface area contributed by atoms with Crippen molar-refractivity contribution >= 4 is 15.9 Å². The normalized spacial score (nSPS) is 30.3. The number of hydrogen-bond acceptors (Lipinski definition) is 1. The van der Waals surface area contributed by atoms with Gasteiger partial charge in [0.1, 0.15) is 0 Å². The lowest BCUT2D eigenvalue weighted by Crippen LogP contribution is -2.45. The molecule has 1 aliphatic heterocycles. The molecule has 0 aliphatic carbocycles. The van der Waals surface area contributed by atoms with E-state index in [4.69, 9.17) is 4.74 Å². The second-order valence-electron chi connectivity index (χ2n) is 4.63. The van der Waals surface area contributed by atoms with Gasteiger partial charge >= 0.3 is 0 Å². The third-order valence-corrected chi connectivity index (χ3v) is 2.63. The molecule has 0 aromatic heterocycles. The van der Waals surface area contributed by atoms with Gasteiger partial charge in [0.15, 0.2) is 0 Å². The van der Waals surface area contributed by atoms with E-state index in [1.165, 1.54) is 0 Å². The van der Waals surface area contributed by atoms with E-state index in [0.717, 1.165) is 12.8 Å². The Labute approximate surface area is 77.6 Å². The molecule has 0 saturated carbocycles. The van der Waals surface area contributed by atoms with E-state index < -0.39 is 0 Å². The Hall–Kier alpha value is 0.440. The van der Waals surface area contributed by atoms with Crippen LogP contribution in [0.4, 0.5) is 0 Å². The summed E-state index contributed by atoms with van der Waals surface area (Å²) in [7, 11) is 0. The number of halogens is 1. The molecule has 1 nitrogen and oxygen atoms in total. The lowest BCUT2D eigenvalue weighted by Gasteiger charge is -2.43. The fourth-order valence-electron chi connectivity index (χ4n) is 1.97. The van der Waals surface area contributed by atoms with E-state index in [0.29, 0.717) is 4.83 Å². The van der Waals surface area contributed by atoms with Crippen molar-refractivity contribution in [3.63, 3.8) is 0 Å². The molecule has 2 heteroatoms. The minimum atomic E-state index is 0.0376. The Morgan fingerprint density at radius 1 is 1.09 bits per heavy atom. The molecule has 1 fully saturated rings. The summed E-state index contributed by atoms with van der Waals surface area (Å²) in [6.45, 7) is 8.62. The van der Waals surface area contributed by atoms with Gasteiger partial charge in [-0.05, 0) is 40.5 Å². The lowest BCUT2D eigenvalue weighted by atomic mass is 9.89. The van der Waals surface area contributed by atoms with Crippen LogP contribution in [0, 0.1) is 0 Å². The van der Waals surface area contributed by atoms with Gasteiger partial charge < -0.3 is 4.74 Å². The van der Waals surface area contributed by atoms with Gasteiger partial charge in [-0.2, -0.15) is 0 Å². The van der Waals surface area contributed by atoms with Gasteiger partial charge in [0.25, 0.3) is 0 Å². The molecule has 0 bridgehead atoms. The zero-order chi connectivity index (χ0) is 8.70. The highest BCUT2D eigenvalue weighted by molar-refractivity contribution is 9.09. The van der Waals surface area contributed by atoms with Crippen molar-refractivity contribution in [3.8, 4) is 0 Å². The minimum absolute atomic E-state index is 0.0376. The summed E-state index contributed by atoms with van der Waals surface area (Å²) in [6.07, 6.45) is 2.22. The van der Waals surface area contributed by atoms with Gasteiger partial charge in [0, 0.05) is 4.83 Å². The second-order valence-corrected chi connectivity index (χ2v) is 5.92. The van der Waals surface area contributed by atoms with Gasteiger partial charge in [-0.15, -0.1) is 0 Å². The van der Waals surface area contributed by atoms with Crippen molar-refractivity contribution in [1.29, 1.82) is 0 Å². The monoisotopic (exact) mass is 220 g/mol. The van der Waals surface area contributed by atoms with E-state index in [9.17, 15) is 0 Å². The molecule has 1 saturated heterocycles. The van der Waals surface area contributed by atoms with Crippen LogP contribution < -0.4 is 0 Å². The van der Waals surface area contributed by atoms with Crippen LogP contribution in [0.1, 0.15) is 40.5 Å². The number of hydrogen-bond donors (Lipinski definition) is 0. The largest absolute Gasteiger partial charge is 0.370 e. The van der Waals surface area contributed by atoms with Crippen LogP contribution in [0.25, 0.3) is 0 Å². The quantitative estimate of drug-likeness (QED) is 0.571. The summed E-state index contributed by atoms with van der Waals surface area (Å²) < 4.78 is 5.90. The van der Waals surface area contributed by atoms with Crippen LogP contribution in [0.2, 0.25) is 0 Å². The van der Waals surface area contributed by atoms with Gasteiger partial charge in [-0.25, -0.2) is 0 Å². The van der Waals surface area contributed by atoms with Crippen molar-refractivity contribution in [2.24, 2.45) is 0 Å². The SMILES string of the molecule is CC1(C)CC(Br)CC(C)(C)O1. The van der Waals surface area contributed by atoms with Gasteiger partial charge in [-0.3, -0.25) is 0 Å². The molecule has 0 amide bonds. The maximum atomic E-state index is 5.90. The molecule has 1 aliphatic rings. The van der Waals surface area contributed by atoms with Crippen LogP contribution in [-0.4, -0.2) is 16.0 Å². The van der Waals surface area contributed by atoms with Crippen LogP contribution >= 0.6 is 15.9 Å². The predicted molar refractivity (Wildman–Crippen MR) is 51.2 cm³/mol. The average Bonchev–Trinajstić information content (AvgIpc) is 1.49. The zero-order valence-electron chi connectivity index (χ0n) is 7.78. The van der Waals surface area contributed by atoms with Crippen LogP contribution in [-0.2, 0) is 4.74 Å². The fraction of sp³-hybridized carbons (Fsp3) is 1.00. The van der Waals surface area contributed by atoms with Crippen molar-refractivity contribution in [2.45, 2.75) is 56.6 Å². The van der Waals surface area contributed by atoms with Gasteiger partial charge in [-0.1, -0.05) is 15.9 Å². The molecule has 0 spiro atoms. The average molecular weight is 221 g/mol. The van der Waals surface area contributed by atoms with Crippen LogP contribution in [0.3, 0.4) is 0 Å². The van der Waals surface area contributed by atoms with Crippen molar-refractivity contribution in [2.75, 3.05) is 0 Å². The third-order valence-electron chi connectivity index (χ3n) is 1.98. The molecule has 1 rings (SSSR count). The lowest BCUT2D eigenvalue weighted by molar-refractivity contribution is -0.152. The molecular formula is C9H17BrO. The fourth-order valence-corrected chi connectivity index (χ4v) is 3.53. The predicted octanol–water partition coefficient (Wildman–Crippen LogP) is 3.12. The maximum absolute atomic E-state index is 5.90. The minimum Gasteiger partial charge on any atom is -0.370 e. The molecule has 1 heterocycles. The van der Waals surface area contributed by atoms with E-state index in [1.54, 1.807) is 0 Å². The van der Waals surface area contributed by atoms with Crippen LogP contribution in [0.5, 0.6) is 0 Å². The second kappa shape index (κ2) is 2.74. The molecule has 0 atom stereocenters. The van der Waals surface area contributed by atoms with Crippen molar-refractivity contribution < 1.29 is 4.74 Å². The first-order valence-corrected chi connectivity index (χ1v) is 5.07. The summed E-state index contributed by atoms with van der Waals surface area (Å²) in [4.78, 5) is 0.612. The molecule has 66 valence electrons. The summed E-state index contributed by atoms with van der Waals surface area (Å²) in [5.41, 5.74) is 0.0752. The Kier molecular flexibility index (Phi) is 2.37. The molecule has 0 N–H and O–H groups in total. The summed E-state index contributed by atoms with van der Waals surface area (Å²) in [5.74, 6) is 0. The van der Waals surface area contributed by atoms with Crippen molar-refractivity contribution in [1.82, 2.24) is 0 Å². The van der Waals surface area contributed by atoms with Gasteiger partial charge in [0.2, 0.25) is 0 Å². The van der Waals surface area contributed by atoms with E-state index in [-0.39, 0.29) is 11.2 Å². The highest BCUT2D eigenvalue weighted by Crippen LogP contribution is 2.37. The first-order valence-electron chi connectivity index (χ1n) is 4.15. The highest BCUT2D eigenvalue weighted by Gasteiger charge is 2.37. The molecule has 11 heavy (non-hydrogen) atoms. The molecule has 0 aromatic rings. The first kappa shape index (κ1) is 9.53. The molecule has 0 unspecified atom stereocenters. The van der Waals surface area contributed by atoms with E-state index >= 15 is 0 Å². The number of ether oxygens (including phenoxy) is 1. The first-order chi connectivity index (χ1) is 4.81. The Morgan fingerprint density at radius 3 is 1.73 bits per heavy atom. The Balaban J connectivity index is 2.66. The Morgan fingerprint density at radius 2 is 1.45 bits per heavy atom. The van der Waals surface area contributed by atoms with E-state index in [2.05, 4.69) is 43.6 Å². The highest BCUT2D eigenvalue weighted by atomic mass is 79.9. The summed E-state index contributed by atoms with van der Waals surface area (Å²) in [6, 6.07) is 0. The standard InChI is InChI=1S/C9H17BrO/c1-8(2)5-7(10)6-9(3,4)11-8/h7H,5-6H2,1-4H3. The Bertz CT molecular complexity index is 136. The van der Waals surface area contributed by atoms with Crippen molar-refractivity contribution in [3.05, 3.63) is 0 Å².